The number of halogens is 1. The number of rotatable bonds is 6. The second kappa shape index (κ2) is 9.81. The Labute approximate surface area is 149 Å². The minimum atomic E-state index is 0. The number of hydrogen-bond acceptors (Lipinski definition) is 3. The van der Waals surface area contributed by atoms with Crippen LogP contribution in [0.3, 0.4) is 0 Å². The van der Waals surface area contributed by atoms with Crippen LogP contribution in [-0.4, -0.2) is 33.8 Å². The molecule has 1 aromatic rings. The molecule has 22 heavy (non-hydrogen) atoms. The molecule has 0 unspecified atom stereocenters. The second-order valence-corrected chi connectivity index (χ2v) is 5.68. The molecule has 2 heterocycles. The number of aryl methyl sites for hydroxylation is 2. The highest BCUT2D eigenvalue weighted by molar-refractivity contribution is 14.0. The van der Waals surface area contributed by atoms with Gasteiger partial charge in [0.05, 0.1) is 6.54 Å². The Balaban J connectivity index is 0.00000242. The molecule has 0 bridgehead atoms. The van der Waals surface area contributed by atoms with Gasteiger partial charge in [-0.15, -0.1) is 34.2 Å². The summed E-state index contributed by atoms with van der Waals surface area (Å²) in [6, 6.07) is 0. The first-order valence-electron chi connectivity index (χ1n) is 7.76. The van der Waals surface area contributed by atoms with Crippen molar-refractivity contribution < 1.29 is 0 Å². The highest BCUT2D eigenvalue weighted by atomic mass is 127. The molecule has 0 atom stereocenters. The summed E-state index contributed by atoms with van der Waals surface area (Å²) in [5.74, 6) is 2.74. The molecular formula is C15H27IN6. The van der Waals surface area contributed by atoms with Crippen LogP contribution >= 0.6 is 24.0 Å². The molecule has 0 fully saturated rings. The number of guanidine groups is 1. The fraction of sp³-hybridized carbons (Fsp3) is 0.667. The summed E-state index contributed by atoms with van der Waals surface area (Å²) in [6.07, 6.45) is 6.72. The average molecular weight is 418 g/mol. The van der Waals surface area contributed by atoms with Gasteiger partial charge in [-0.3, -0.25) is 0 Å². The Morgan fingerprint density at radius 2 is 2.18 bits per heavy atom. The van der Waals surface area contributed by atoms with Crippen molar-refractivity contribution in [3.63, 3.8) is 0 Å². The van der Waals surface area contributed by atoms with Crippen LogP contribution < -0.4 is 11.1 Å². The number of fused-ring (bicyclic) bond motifs is 1. The monoisotopic (exact) mass is 418 g/mol. The standard InChI is InChI=1S/C15H26N6.HI/c1-12(2)11-18-15(16)17-9-6-8-14-20-19-13-7-4-3-5-10-21(13)14;/h1,3-11H2,2H3,(H3,16,17,18);1H. The summed E-state index contributed by atoms with van der Waals surface area (Å²) >= 11 is 0. The van der Waals surface area contributed by atoms with Crippen LogP contribution in [0, 0.1) is 0 Å². The minimum Gasteiger partial charge on any atom is -0.370 e. The van der Waals surface area contributed by atoms with Gasteiger partial charge in [0.2, 0.25) is 0 Å². The minimum absolute atomic E-state index is 0. The van der Waals surface area contributed by atoms with Gasteiger partial charge in [-0.25, -0.2) is 4.99 Å². The topological polar surface area (TPSA) is 81.1 Å². The van der Waals surface area contributed by atoms with Gasteiger partial charge in [-0.1, -0.05) is 18.6 Å². The Morgan fingerprint density at radius 3 is 2.95 bits per heavy atom. The van der Waals surface area contributed by atoms with Crippen LogP contribution in [-0.2, 0) is 19.4 Å². The predicted molar refractivity (Wildman–Crippen MR) is 101 cm³/mol. The Bertz CT molecular complexity index is 508. The summed E-state index contributed by atoms with van der Waals surface area (Å²) in [4.78, 5) is 4.19. The van der Waals surface area contributed by atoms with E-state index in [4.69, 9.17) is 5.73 Å². The van der Waals surface area contributed by atoms with E-state index in [-0.39, 0.29) is 24.0 Å². The van der Waals surface area contributed by atoms with Crippen molar-refractivity contribution in [2.75, 3.05) is 13.1 Å². The van der Waals surface area contributed by atoms with E-state index in [2.05, 4.69) is 31.7 Å². The summed E-state index contributed by atoms with van der Waals surface area (Å²) in [7, 11) is 0. The molecule has 7 heteroatoms. The lowest BCUT2D eigenvalue weighted by atomic mass is 10.2. The van der Waals surface area contributed by atoms with Crippen molar-refractivity contribution in [2.24, 2.45) is 10.7 Å². The molecule has 0 saturated heterocycles. The van der Waals surface area contributed by atoms with Gasteiger partial charge in [0.25, 0.3) is 0 Å². The highest BCUT2D eigenvalue weighted by Gasteiger charge is 2.13. The van der Waals surface area contributed by atoms with E-state index in [9.17, 15) is 0 Å². The smallest absolute Gasteiger partial charge is 0.188 e. The van der Waals surface area contributed by atoms with E-state index in [0.29, 0.717) is 12.5 Å². The Kier molecular flexibility index (Phi) is 8.44. The number of hydrogen-bond donors (Lipinski definition) is 2. The molecule has 2 rings (SSSR count). The van der Waals surface area contributed by atoms with Crippen molar-refractivity contribution in [3.8, 4) is 0 Å². The first-order valence-corrected chi connectivity index (χ1v) is 7.76. The molecule has 0 radical (unpaired) electrons. The first kappa shape index (κ1) is 18.9. The largest absolute Gasteiger partial charge is 0.370 e. The lowest BCUT2D eigenvalue weighted by Crippen LogP contribution is -2.32. The van der Waals surface area contributed by atoms with Crippen LogP contribution in [0.4, 0.5) is 0 Å². The summed E-state index contributed by atoms with van der Waals surface area (Å²) < 4.78 is 2.30. The van der Waals surface area contributed by atoms with Gasteiger partial charge in [0.1, 0.15) is 11.6 Å². The van der Waals surface area contributed by atoms with E-state index in [0.717, 1.165) is 49.6 Å². The predicted octanol–water partition coefficient (Wildman–Crippen LogP) is 2.04. The fourth-order valence-corrected chi connectivity index (χ4v) is 2.47. The molecule has 0 spiro atoms. The zero-order valence-corrected chi connectivity index (χ0v) is 15.7. The van der Waals surface area contributed by atoms with Crippen molar-refractivity contribution in [3.05, 3.63) is 23.8 Å². The van der Waals surface area contributed by atoms with Crippen molar-refractivity contribution in [2.45, 2.75) is 52.0 Å². The van der Waals surface area contributed by atoms with Crippen molar-refractivity contribution in [1.29, 1.82) is 0 Å². The molecule has 1 aromatic heterocycles. The van der Waals surface area contributed by atoms with Gasteiger partial charge >= 0.3 is 0 Å². The van der Waals surface area contributed by atoms with E-state index in [1.807, 2.05) is 6.92 Å². The first-order chi connectivity index (χ1) is 10.2. The zero-order valence-electron chi connectivity index (χ0n) is 13.3. The number of aromatic nitrogens is 3. The quantitative estimate of drug-likeness (QED) is 0.244. The maximum absolute atomic E-state index is 5.78. The maximum Gasteiger partial charge on any atom is 0.188 e. The number of nitrogens with two attached hydrogens (primary N) is 1. The molecule has 3 N–H and O–H groups in total. The third-order valence-electron chi connectivity index (χ3n) is 3.59. The molecule has 1 aliphatic rings. The van der Waals surface area contributed by atoms with Gasteiger partial charge in [-0.2, -0.15) is 0 Å². The molecule has 6 nitrogen and oxygen atoms in total. The SMILES string of the molecule is C=C(C)CN=C(N)NCCCc1nnc2n1CCCCC2.I. The molecular weight excluding hydrogens is 391 g/mol. The van der Waals surface area contributed by atoms with Crippen LogP contribution in [0.2, 0.25) is 0 Å². The maximum atomic E-state index is 5.78. The van der Waals surface area contributed by atoms with E-state index >= 15 is 0 Å². The van der Waals surface area contributed by atoms with Crippen LogP contribution in [0.15, 0.2) is 17.1 Å². The van der Waals surface area contributed by atoms with Crippen LogP contribution in [0.1, 0.15) is 44.3 Å². The van der Waals surface area contributed by atoms with Crippen molar-refractivity contribution in [1.82, 2.24) is 20.1 Å². The number of nitrogens with zero attached hydrogens (tertiary/aromatic N) is 4. The van der Waals surface area contributed by atoms with E-state index in [1.54, 1.807) is 0 Å². The van der Waals surface area contributed by atoms with Gasteiger partial charge in [-0.05, 0) is 26.2 Å². The lowest BCUT2D eigenvalue weighted by molar-refractivity contribution is 0.594. The Morgan fingerprint density at radius 1 is 1.36 bits per heavy atom. The Hall–Kier alpha value is -1.12. The molecule has 0 saturated carbocycles. The van der Waals surface area contributed by atoms with E-state index in [1.165, 1.54) is 19.3 Å². The molecule has 0 aromatic carbocycles. The third-order valence-corrected chi connectivity index (χ3v) is 3.59. The molecule has 124 valence electrons. The number of aliphatic imine (C=N–C) groups is 1. The van der Waals surface area contributed by atoms with Gasteiger partial charge < -0.3 is 15.6 Å². The summed E-state index contributed by atoms with van der Waals surface area (Å²) in [5.41, 5.74) is 6.78. The summed E-state index contributed by atoms with van der Waals surface area (Å²) in [6.45, 7) is 8.18. The highest BCUT2D eigenvalue weighted by Crippen LogP contribution is 2.15. The lowest BCUT2D eigenvalue weighted by Gasteiger charge is -2.08. The zero-order chi connectivity index (χ0) is 15.1. The molecule has 1 aliphatic heterocycles. The third kappa shape index (κ3) is 5.94. The molecule has 0 aliphatic carbocycles. The second-order valence-electron chi connectivity index (χ2n) is 5.68. The van der Waals surface area contributed by atoms with Crippen LogP contribution in [0.5, 0.6) is 0 Å². The fourth-order valence-electron chi connectivity index (χ4n) is 2.47. The van der Waals surface area contributed by atoms with Crippen molar-refractivity contribution >= 4 is 29.9 Å². The summed E-state index contributed by atoms with van der Waals surface area (Å²) in [5, 5.41) is 11.8. The average Bonchev–Trinajstić information content (AvgIpc) is 2.69. The van der Waals surface area contributed by atoms with Gasteiger partial charge in [0, 0.05) is 25.9 Å². The van der Waals surface area contributed by atoms with Gasteiger partial charge in [0.15, 0.2) is 5.96 Å². The normalized spacial score (nSPS) is 14.7. The number of nitrogens with one attached hydrogen (secondary N) is 1. The van der Waals surface area contributed by atoms with Crippen LogP contribution in [0.25, 0.3) is 0 Å². The molecule has 0 amide bonds. The van der Waals surface area contributed by atoms with E-state index < -0.39 is 0 Å².